The van der Waals surface area contributed by atoms with Gasteiger partial charge in [0.15, 0.2) is 0 Å². The Morgan fingerprint density at radius 1 is 1.14 bits per heavy atom. The third kappa shape index (κ3) is 2.75. The van der Waals surface area contributed by atoms with Crippen molar-refractivity contribution >= 4 is 17.6 Å². The number of rotatable bonds is 3. The van der Waals surface area contributed by atoms with Gasteiger partial charge in [-0.2, -0.15) is 4.98 Å². The molecule has 21 heavy (non-hydrogen) atoms. The van der Waals surface area contributed by atoms with E-state index in [1.807, 2.05) is 0 Å². The highest BCUT2D eigenvalue weighted by Crippen LogP contribution is 2.22. The Labute approximate surface area is 124 Å². The number of pyridine rings is 1. The summed E-state index contributed by atoms with van der Waals surface area (Å²) < 4.78 is 5.15. The van der Waals surface area contributed by atoms with Gasteiger partial charge in [-0.3, -0.25) is 4.98 Å². The molecule has 0 aliphatic heterocycles. The van der Waals surface area contributed by atoms with E-state index < -0.39 is 5.97 Å². The van der Waals surface area contributed by atoms with Crippen molar-refractivity contribution < 1.29 is 14.4 Å². The third-order valence-corrected chi connectivity index (χ3v) is 2.98. The second kappa shape index (κ2) is 5.34. The molecule has 7 heteroatoms. The van der Waals surface area contributed by atoms with E-state index >= 15 is 0 Å². The van der Waals surface area contributed by atoms with Gasteiger partial charge in [0.2, 0.25) is 5.82 Å². The van der Waals surface area contributed by atoms with Crippen LogP contribution in [0.3, 0.4) is 0 Å². The van der Waals surface area contributed by atoms with Gasteiger partial charge in [-0.05, 0) is 36.4 Å². The average Bonchev–Trinajstić information content (AvgIpc) is 2.98. The molecule has 0 fully saturated rings. The molecule has 0 saturated carbocycles. The van der Waals surface area contributed by atoms with Crippen LogP contribution in [0.1, 0.15) is 10.4 Å². The van der Waals surface area contributed by atoms with Crippen molar-refractivity contribution in [2.75, 3.05) is 0 Å². The van der Waals surface area contributed by atoms with Gasteiger partial charge in [0.25, 0.3) is 5.89 Å². The molecule has 0 atom stereocenters. The smallest absolute Gasteiger partial charge is 0.335 e. The van der Waals surface area contributed by atoms with Crippen molar-refractivity contribution in [1.82, 2.24) is 15.1 Å². The van der Waals surface area contributed by atoms with Crippen molar-refractivity contribution in [3.63, 3.8) is 0 Å². The summed E-state index contributed by atoms with van der Waals surface area (Å²) in [4.78, 5) is 19.1. The minimum absolute atomic E-state index is 0.192. The van der Waals surface area contributed by atoms with Crippen molar-refractivity contribution in [3.05, 3.63) is 53.2 Å². The summed E-state index contributed by atoms with van der Waals surface area (Å²) >= 11 is 5.77. The van der Waals surface area contributed by atoms with Gasteiger partial charge in [0, 0.05) is 11.8 Å². The maximum Gasteiger partial charge on any atom is 0.335 e. The first-order chi connectivity index (χ1) is 10.1. The fourth-order valence-corrected chi connectivity index (χ4v) is 1.82. The molecule has 0 radical (unpaired) electrons. The second-order valence-corrected chi connectivity index (χ2v) is 4.60. The van der Waals surface area contributed by atoms with Crippen LogP contribution in [0.4, 0.5) is 0 Å². The van der Waals surface area contributed by atoms with Crippen LogP contribution in [0.25, 0.3) is 23.0 Å². The van der Waals surface area contributed by atoms with E-state index in [-0.39, 0.29) is 5.56 Å². The number of halogens is 1. The summed E-state index contributed by atoms with van der Waals surface area (Å²) in [6.07, 6.45) is 1.49. The van der Waals surface area contributed by atoms with Crippen molar-refractivity contribution in [3.8, 4) is 23.0 Å². The summed E-state index contributed by atoms with van der Waals surface area (Å²) in [6.45, 7) is 0. The van der Waals surface area contributed by atoms with Crippen LogP contribution in [0.5, 0.6) is 0 Å². The Kier molecular flexibility index (Phi) is 3.37. The summed E-state index contributed by atoms with van der Waals surface area (Å²) in [7, 11) is 0. The number of hydrogen-bond acceptors (Lipinski definition) is 5. The van der Waals surface area contributed by atoms with Crippen molar-refractivity contribution in [2.24, 2.45) is 0 Å². The maximum absolute atomic E-state index is 10.8. The lowest BCUT2D eigenvalue weighted by molar-refractivity contribution is 0.0697. The van der Waals surface area contributed by atoms with Crippen molar-refractivity contribution in [2.45, 2.75) is 0 Å². The molecule has 2 aromatic heterocycles. The highest BCUT2D eigenvalue weighted by Gasteiger charge is 2.12. The van der Waals surface area contributed by atoms with Crippen LogP contribution in [-0.4, -0.2) is 26.2 Å². The Balaban J connectivity index is 1.90. The van der Waals surface area contributed by atoms with Gasteiger partial charge in [0.1, 0.15) is 5.69 Å². The fourth-order valence-electron chi connectivity index (χ4n) is 1.71. The molecule has 1 aromatic carbocycles. The number of hydrogen-bond donors (Lipinski definition) is 1. The zero-order valence-electron chi connectivity index (χ0n) is 10.5. The molecular weight excluding hydrogens is 294 g/mol. The summed E-state index contributed by atoms with van der Waals surface area (Å²) in [5.74, 6) is -0.360. The Hall–Kier alpha value is -2.73. The van der Waals surface area contributed by atoms with Crippen LogP contribution >= 0.6 is 11.6 Å². The SMILES string of the molecule is O=C(O)c1ccc(-c2nc(-c3ccc(Cl)cn3)no2)cc1. The number of carboxylic acid groups (broad SMARTS) is 1. The first-order valence-electron chi connectivity index (χ1n) is 5.93. The van der Waals surface area contributed by atoms with Crippen LogP contribution in [0.2, 0.25) is 5.02 Å². The van der Waals surface area contributed by atoms with Gasteiger partial charge in [-0.25, -0.2) is 4.79 Å². The van der Waals surface area contributed by atoms with Crippen LogP contribution in [-0.2, 0) is 0 Å². The van der Waals surface area contributed by atoms with E-state index in [0.29, 0.717) is 28.0 Å². The number of aromatic carboxylic acids is 1. The van der Waals surface area contributed by atoms with Gasteiger partial charge in [-0.15, -0.1) is 0 Å². The standard InChI is InChI=1S/C14H8ClN3O3/c15-10-5-6-11(16-7-10)12-17-13(21-18-12)8-1-3-9(4-2-8)14(19)20/h1-7H,(H,19,20). The molecular formula is C14H8ClN3O3. The van der Waals surface area contributed by atoms with Crippen LogP contribution in [0, 0.1) is 0 Å². The average molecular weight is 302 g/mol. The van der Waals surface area contributed by atoms with Gasteiger partial charge in [-0.1, -0.05) is 16.8 Å². The van der Waals surface area contributed by atoms with Crippen molar-refractivity contribution in [1.29, 1.82) is 0 Å². The van der Waals surface area contributed by atoms with Gasteiger partial charge >= 0.3 is 5.97 Å². The quantitative estimate of drug-likeness (QED) is 0.799. The molecule has 3 rings (SSSR count). The predicted octanol–water partition coefficient (Wildman–Crippen LogP) is 3.15. The molecule has 0 bridgehead atoms. The summed E-state index contributed by atoms with van der Waals surface area (Å²) in [5, 5.41) is 13.2. The summed E-state index contributed by atoms with van der Waals surface area (Å²) in [6, 6.07) is 9.53. The van der Waals surface area contributed by atoms with E-state index in [2.05, 4.69) is 15.1 Å². The number of aromatic nitrogens is 3. The molecule has 2 heterocycles. The molecule has 0 aliphatic carbocycles. The lowest BCUT2D eigenvalue weighted by Gasteiger charge is -1.96. The van der Waals surface area contributed by atoms with E-state index in [4.69, 9.17) is 21.2 Å². The van der Waals surface area contributed by atoms with E-state index in [1.165, 1.54) is 18.3 Å². The first kappa shape index (κ1) is 13.3. The lowest BCUT2D eigenvalue weighted by atomic mass is 10.1. The van der Waals surface area contributed by atoms with E-state index in [0.717, 1.165) is 0 Å². The van der Waals surface area contributed by atoms with Gasteiger partial charge in [0.05, 0.1) is 10.6 Å². The molecule has 0 spiro atoms. The highest BCUT2D eigenvalue weighted by atomic mass is 35.5. The highest BCUT2D eigenvalue weighted by molar-refractivity contribution is 6.30. The number of carbonyl (C=O) groups is 1. The first-order valence-corrected chi connectivity index (χ1v) is 6.30. The zero-order chi connectivity index (χ0) is 14.8. The number of benzene rings is 1. The molecule has 104 valence electrons. The van der Waals surface area contributed by atoms with E-state index in [1.54, 1.807) is 24.3 Å². The normalized spacial score (nSPS) is 10.5. The minimum atomic E-state index is -0.988. The Bertz CT molecular complexity index is 782. The summed E-state index contributed by atoms with van der Waals surface area (Å²) in [5.41, 5.74) is 1.36. The molecule has 0 amide bonds. The Morgan fingerprint density at radius 2 is 1.90 bits per heavy atom. The predicted molar refractivity (Wildman–Crippen MR) is 74.9 cm³/mol. The molecule has 0 unspecified atom stereocenters. The van der Waals surface area contributed by atoms with Crippen LogP contribution in [0.15, 0.2) is 47.1 Å². The molecule has 3 aromatic rings. The number of nitrogens with zero attached hydrogens (tertiary/aromatic N) is 3. The molecule has 0 saturated heterocycles. The molecule has 0 aliphatic rings. The molecule has 1 N–H and O–H groups in total. The zero-order valence-corrected chi connectivity index (χ0v) is 11.3. The topological polar surface area (TPSA) is 89.1 Å². The maximum atomic E-state index is 10.8. The van der Waals surface area contributed by atoms with E-state index in [9.17, 15) is 4.79 Å². The second-order valence-electron chi connectivity index (χ2n) is 4.17. The Morgan fingerprint density at radius 3 is 2.52 bits per heavy atom. The largest absolute Gasteiger partial charge is 0.478 e. The van der Waals surface area contributed by atoms with Crippen LogP contribution < -0.4 is 0 Å². The molecule has 6 nitrogen and oxygen atoms in total. The number of carboxylic acids is 1. The fraction of sp³-hybridized carbons (Fsp3) is 0. The minimum Gasteiger partial charge on any atom is -0.478 e. The van der Waals surface area contributed by atoms with Gasteiger partial charge < -0.3 is 9.63 Å². The monoisotopic (exact) mass is 301 g/mol. The lowest BCUT2D eigenvalue weighted by Crippen LogP contribution is -1.94. The third-order valence-electron chi connectivity index (χ3n) is 2.76.